The van der Waals surface area contributed by atoms with Crippen molar-refractivity contribution in [1.29, 1.82) is 0 Å². The molecule has 0 bridgehead atoms. The molecule has 3 aromatic carbocycles. The third-order valence-electron chi connectivity index (χ3n) is 5.29. The summed E-state index contributed by atoms with van der Waals surface area (Å²) in [6.07, 6.45) is 0.370. The van der Waals surface area contributed by atoms with Crippen LogP contribution in [-0.2, 0) is 6.42 Å². The number of carbonyl (C=O) groups is 1. The molecule has 4 rings (SSSR count). The number of hydrogen-bond acceptors (Lipinski definition) is 8. The fourth-order valence-corrected chi connectivity index (χ4v) is 3.52. The fraction of sp³-hybridized carbons (Fsp3) is 0.160. The summed E-state index contributed by atoms with van der Waals surface area (Å²) in [5.74, 6) is 1.07. The minimum Gasteiger partial charge on any atom is -0.493 e. The third-order valence-corrected chi connectivity index (χ3v) is 5.29. The summed E-state index contributed by atoms with van der Waals surface area (Å²) < 4.78 is 16.1. The van der Waals surface area contributed by atoms with Gasteiger partial charge >= 0.3 is 0 Å². The number of non-ortho nitro benzene ring substituents is 1. The van der Waals surface area contributed by atoms with E-state index >= 15 is 0 Å². The van der Waals surface area contributed by atoms with E-state index in [4.69, 9.17) is 14.0 Å². The van der Waals surface area contributed by atoms with Crippen LogP contribution >= 0.6 is 0 Å². The topological polar surface area (TPSA) is 130 Å². The number of nitro groups is 1. The summed E-state index contributed by atoms with van der Waals surface area (Å²) in [6.45, 7) is 0. The van der Waals surface area contributed by atoms with E-state index < -0.39 is 16.9 Å². The van der Waals surface area contributed by atoms with E-state index in [1.54, 1.807) is 25.3 Å². The Morgan fingerprint density at radius 2 is 1.80 bits per heavy atom. The van der Waals surface area contributed by atoms with Gasteiger partial charge in [-0.25, -0.2) is 0 Å². The van der Waals surface area contributed by atoms with Gasteiger partial charge in [0.05, 0.1) is 19.1 Å². The first-order valence-electron chi connectivity index (χ1n) is 10.6. The number of ether oxygens (including phenoxy) is 2. The molecule has 0 spiro atoms. The lowest BCUT2D eigenvalue weighted by Crippen LogP contribution is -2.30. The lowest BCUT2D eigenvalue weighted by Gasteiger charge is -2.15. The van der Waals surface area contributed by atoms with Crippen LogP contribution in [0.3, 0.4) is 0 Å². The average molecular weight is 474 g/mol. The minimum absolute atomic E-state index is 0.150. The molecule has 0 aliphatic carbocycles. The van der Waals surface area contributed by atoms with Crippen LogP contribution in [0.5, 0.6) is 11.5 Å². The van der Waals surface area contributed by atoms with E-state index in [2.05, 4.69) is 15.5 Å². The molecule has 0 unspecified atom stereocenters. The normalized spacial score (nSPS) is 11.5. The molecule has 1 heterocycles. The Bertz CT molecular complexity index is 1340. The predicted molar refractivity (Wildman–Crippen MR) is 126 cm³/mol. The van der Waals surface area contributed by atoms with Gasteiger partial charge in [-0.3, -0.25) is 14.9 Å². The first-order valence-corrected chi connectivity index (χ1v) is 10.6. The number of methoxy groups -OCH3 is 2. The minimum atomic E-state index is -0.675. The van der Waals surface area contributed by atoms with Crippen LogP contribution in [0.2, 0.25) is 0 Å². The molecule has 10 heteroatoms. The molecule has 0 saturated heterocycles. The maximum atomic E-state index is 13.0. The molecule has 1 aromatic heterocycles. The Balaban J connectivity index is 1.64. The van der Waals surface area contributed by atoms with Crippen LogP contribution < -0.4 is 14.8 Å². The van der Waals surface area contributed by atoms with Gasteiger partial charge in [0.2, 0.25) is 11.7 Å². The van der Waals surface area contributed by atoms with Gasteiger partial charge in [-0.2, -0.15) is 4.98 Å². The Kier molecular flexibility index (Phi) is 7.01. The van der Waals surface area contributed by atoms with Crippen molar-refractivity contribution in [3.05, 3.63) is 99.9 Å². The zero-order chi connectivity index (χ0) is 24.8. The molecule has 0 aliphatic heterocycles. The van der Waals surface area contributed by atoms with Crippen molar-refractivity contribution in [2.75, 3.05) is 14.2 Å². The molecule has 1 atom stereocenters. The molecule has 0 fully saturated rings. The van der Waals surface area contributed by atoms with Crippen LogP contribution in [0.25, 0.3) is 11.4 Å². The molecular formula is C25H22N4O6. The van der Waals surface area contributed by atoms with E-state index in [9.17, 15) is 14.9 Å². The number of nitro benzene ring substituents is 1. The molecule has 0 saturated carbocycles. The summed E-state index contributed by atoms with van der Waals surface area (Å²) in [6, 6.07) is 19.6. The highest BCUT2D eigenvalue weighted by Crippen LogP contribution is 2.32. The summed E-state index contributed by atoms with van der Waals surface area (Å²) in [5, 5.41) is 18.0. The van der Waals surface area contributed by atoms with Gasteiger partial charge in [-0.05, 0) is 29.8 Å². The van der Waals surface area contributed by atoms with Gasteiger partial charge in [-0.1, -0.05) is 41.6 Å². The largest absolute Gasteiger partial charge is 0.493 e. The van der Waals surface area contributed by atoms with Crippen molar-refractivity contribution >= 4 is 11.6 Å². The van der Waals surface area contributed by atoms with Gasteiger partial charge in [0.15, 0.2) is 11.5 Å². The predicted octanol–water partition coefficient (Wildman–Crippen LogP) is 4.38. The third kappa shape index (κ3) is 5.44. The zero-order valence-electron chi connectivity index (χ0n) is 19.0. The number of rotatable bonds is 9. The second-order valence-corrected chi connectivity index (χ2v) is 7.55. The number of carbonyl (C=O) groups excluding carboxylic acids is 1. The van der Waals surface area contributed by atoms with Gasteiger partial charge < -0.3 is 19.3 Å². The Morgan fingerprint density at radius 3 is 2.51 bits per heavy atom. The smallest absolute Gasteiger partial charge is 0.270 e. The zero-order valence-corrected chi connectivity index (χ0v) is 19.0. The second kappa shape index (κ2) is 10.5. The van der Waals surface area contributed by atoms with Crippen LogP contribution in [0, 0.1) is 10.1 Å². The highest BCUT2D eigenvalue weighted by atomic mass is 16.6. The van der Waals surface area contributed by atoms with E-state index in [0.717, 1.165) is 5.56 Å². The molecular weight excluding hydrogens is 452 g/mol. The quantitative estimate of drug-likeness (QED) is 0.279. The number of nitrogens with one attached hydrogen (secondary N) is 1. The molecule has 10 nitrogen and oxygen atoms in total. The van der Waals surface area contributed by atoms with Crippen LogP contribution in [-0.4, -0.2) is 35.2 Å². The Hall–Kier alpha value is -4.73. The van der Waals surface area contributed by atoms with Gasteiger partial charge in [0.1, 0.15) is 6.04 Å². The number of nitrogens with zero attached hydrogens (tertiary/aromatic N) is 3. The van der Waals surface area contributed by atoms with Gasteiger partial charge in [0.25, 0.3) is 11.6 Å². The monoisotopic (exact) mass is 474 g/mol. The van der Waals surface area contributed by atoms with Crippen molar-refractivity contribution in [2.24, 2.45) is 0 Å². The Morgan fingerprint density at radius 1 is 1.03 bits per heavy atom. The lowest BCUT2D eigenvalue weighted by atomic mass is 10.0. The van der Waals surface area contributed by atoms with Gasteiger partial charge in [0, 0.05) is 29.7 Å². The molecule has 0 radical (unpaired) electrons. The molecule has 1 N–H and O–H groups in total. The average Bonchev–Trinajstić information content (AvgIpc) is 3.39. The lowest BCUT2D eigenvalue weighted by molar-refractivity contribution is -0.384. The summed E-state index contributed by atoms with van der Waals surface area (Å²) in [5.41, 5.74) is 1.55. The van der Waals surface area contributed by atoms with Crippen LogP contribution in [0.4, 0.5) is 5.69 Å². The van der Waals surface area contributed by atoms with E-state index in [1.807, 2.05) is 30.3 Å². The molecule has 4 aromatic rings. The molecule has 0 aliphatic rings. The SMILES string of the molecule is COc1ccc(-c2noc([C@H](Cc3ccccc3)NC(=O)c3cccc([N+](=O)[O-])c3)n2)cc1OC. The van der Waals surface area contributed by atoms with Crippen molar-refractivity contribution in [2.45, 2.75) is 12.5 Å². The highest BCUT2D eigenvalue weighted by Gasteiger charge is 2.24. The number of hydrogen-bond donors (Lipinski definition) is 1. The number of aromatic nitrogens is 2. The van der Waals surface area contributed by atoms with Crippen molar-refractivity contribution in [3.63, 3.8) is 0 Å². The van der Waals surface area contributed by atoms with E-state index in [-0.39, 0.29) is 17.1 Å². The van der Waals surface area contributed by atoms with E-state index in [0.29, 0.717) is 29.3 Å². The first kappa shape index (κ1) is 23.4. The molecule has 178 valence electrons. The maximum absolute atomic E-state index is 13.0. The summed E-state index contributed by atoms with van der Waals surface area (Å²) in [7, 11) is 3.07. The summed E-state index contributed by atoms with van der Waals surface area (Å²) >= 11 is 0. The highest BCUT2D eigenvalue weighted by molar-refractivity contribution is 5.95. The fourth-order valence-electron chi connectivity index (χ4n) is 3.52. The van der Waals surface area contributed by atoms with Crippen molar-refractivity contribution < 1.29 is 23.7 Å². The Labute approximate surface area is 200 Å². The van der Waals surface area contributed by atoms with Crippen LogP contribution in [0.15, 0.2) is 77.3 Å². The van der Waals surface area contributed by atoms with Crippen LogP contribution in [0.1, 0.15) is 27.9 Å². The van der Waals surface area contributed by atoms with Crippen molar-refractivity contribution in [3.8, 4) is 22.9 Å². The first-order chi connectivity index (χ1) is 17.0. The standard InChI is InChI=1S/C25H22N4O6/c1-33-21-12-11-17(15-22(21)34-2)23-27-25(35-28-23)20(13-16-7-4-3-5-8-16)26-24(30)18-9-6-10-19(14-18)29(31)32/h3-12,14-15,20H,13H2,1-2H3,(H,26,30)/t20-/m0/s1. The number of amides is 1. The van der Waals surface area contributed by atoms with E-state index in [1.165, 1.54) is 31.4 Å². The molecule has 1 amide bonds. The van der Waals surface area contributed by atoms with Gasteiger partial charge in [-0.15, -0.1) is 0 Å². The maximum Gasteiger partial charge on any atom is 0.270 e. The van der Waals surface area contributed by atoms with Crippen molar-refractivity contribution in [1.82, 2.24) is 15.5 Å². The molecule has 35 heavy (non-hydrogen) atoms. The summed E-state index contributed by atoms with van der Waals surface area (Å²) in [4.78, 5) is 28.0. The number of benzene rings is 3. The second-order valence-electron chi connectivity index (χ2n) is 7.55.